The minimum atomic E-state index is 0.0676. The molecule has 0 saturated heterocycles. The second-order valence-electron chi connectivity index (χ2n) is 15.3. The fourth-order valence-corrected chi connectivity index (χ4v) is 9.62. The fourth-order valence-electron chi connectivity index (χ4n) is 9.62. The molecule has 0 spiro atoms. The summed E-state index contributed by atoms with van der Waals surface area (Å²) in [6.07, 6.45) is 0. The van der Waals surface area contributed by atoms with Crippen molar-refractivity contribution in [2.24, 2.45) is 0 Å². The third-order valence-corrected chi connectivity index (χ3v) is 12.1. The molecule has 58 heavy (non-hydrogen) atoms. The molecule has 0 fully saturated rings. The summed E-state index contributed by atoms with van der Waals surface area (Å²) in [4.78, 5) is 15.8. The van der Waals surface area contributed by atoms with E-state index in [1.807, 2.05) is 0 Å². The Morgan fingerprint density at radius 3 is 0.914 bits per heavy atom. The number of fused-ring (bicyclic) bond motifs is 3. The summed E-state index contributed by atoms with van der Waals surface area (Å²) in [5.41, 5.74) is 16.0. The Bertz CT molecular complexity index is 2840. The van der Waals surface area contributed by atoms with Crippen LogP contribution in [0, 0.1) is 0 Å². The summed E-state index contributed by atoms with van der Waals surface area (Å²) in [6.45, 7) is 0. The molecule has 0 N–H and O–H groups in total. The molecule has 2 bridgehead atoms. The number of para-hydroxylation sites is 4. The number of rotatable bonds is 6. The van der Waals surface area contributed by atoms with Gasteiger partial charge in [-0.15, -0.1) is 0 Å². The lowest BCUT2D eigenvalue weighted by molar-refractivity contribution is 0.709. The molecule has 0 atom stereocenters. The van der Waals surface area contributed by atoms with E-state index in [9.17, 15) is 0 Å². The van der Waals surface area contributed by atoms with Crippen LogP contribution in [-0.2, 0) is 0 Å². The van der Waals surface area contributed by atoms with Crippen molar-refractivity contribution in [3.8, 4) is 0 Å². The van der Waals surface area contributed by atoms with Gasteiger partial charge >= 0.3 is 0 Å². The SMILES string of the molecule is c1ccc(N(c2ccccc2)c2ccc(N(c3ccccc3)c3ccccc3)c3cc4cc5nc6c(nc5cc4cc23)C2c3ccccc3C6c3ccccc32)cc1. The average Bonchev–Trinajstić information content (AvgIpc) is 3.29. The van der Waals surface area contributed by atoms with Gasteiger partial charge in [-0.25, -0.2) is 9.97 Å². The molecule has 272 valence electrons. The molecule has 0 unspecified atom stereocenters. The van der Waals surface area contributed by atoms with Crippen molar-refractivity contribution in [1.29, 1.82) is 0 Å². The van der Waals surface area contributed by atoms with Crippen LogP contribution in [0.3, 0.4) is 0 Å². The zero-order valence-corrected chi connectivity index (χ0v) is 31.6. The van der Waals surface area contributed by atoms with Gasteiger partial charge in [-0.2, -0.15) is 0 Å². The van der Waals surface area contributed by atoms with Crippen LogP contribution < -0.4 is 9.80 Å². The standard InChI is InChI=1S/C54H36N4/c1-5-17-37(18-6-1)57(38-19-7-2-8-20-38)49-29-30-50(58(39-21-9-3-10-22-39)40-23-11-4-12-24-40)46-32-36-34-48-47(33-35(36)31-45(46)49)55-53-51-41-25-13-15-27-43(41)52(54(53)56-48)44-28-16-14-26-42(44)51/h1-34,51-52H. The van der Waals surface area contributed by atoms with Gasteiger partial charge in [0.25, 0.3) is 0 Å². The van der Waals surface area contributed by atoms with Gasteiger partial charge in [0, 0.05) is 33.5 Å². The molecule has 1 heterocycles. The number of nitrogens with zero attached hydrogens (tertiary/aromatic N) is 4. The quantitative estimate of drug-likeness (QED) is 0.159. The lowest BCUT2D eigenvalue weighted by atomic mass is 9.64. The molecule has 0 amide bonds. The first kappa shape index (κ1) is 32.7. The van der Waals surface area contributed by atoms with Crippen LogP contribution >= 0.6 is 0 Å². The molecular weight excluding hydrogens is 705 g/mol. The average molecular weight is 741 g/mol. The minimum Gasteiger partial charge on any atom is -0.310 e. The first-order valence-electron chi connectivity index (χ1n) is 20.0. The number of hydrogen-bond acceptors (Lipinski definition) is 4. The maximum Gasteiger partial charge on any atom is 0.0897 e. The lowest BCUT2D eigenvalue weighted by Gasteiger charge is -2.40. The summed E-state index contributed by atoms with van der Waals surface area (Å²) in [6, 6.07) is 74.2. The first-order valence-corrected chi connectivity index (χ1v) is 20.0. The van der Waals surface area contributed by atoms with Crippen LogP contribution in [0.4, 0.5) is 34.1 Å². The van der Waals surface area contributed by atoms with E-state index in [2.05, 4.69) is 216 Å². The summed E-state index contributed by atoms with van der Waals surface area (Å²) in [5.74, 6) is 0.135. The van der Waals surface area contributed by atoms with Crippen molar-refractivity contribution in [2.75, 3.05) is 9.80 Å². The van der Waals surface area contributed by atoms with Crippen LogP contribution in [-0.4, -0.2) is 9.97 Å². The Hall–Kier alpha value is -7.56. The van der Waals surface area contributed by atoms with Gasteiger partial charge < -0.3 is 9.80 Å². The van der Waals surface area contributed by atoms with Crippen LogP contribution in [0.25, 0.3) is 32.6 Å². The zero-order chi connectivity index (χ0) is 38.2. The highest BCUT2D eigenvalue weighted by Crippen LogP contribution is 2.55. The molecule has 3 aliphatic carbocycles. The van der Waals surface area contributed by atoms with Gasteiger partial charge in [0.2, 0.25) is 0 Å². The van der Waals surface area contributed by atoms with Crippen LogP contribution in [0.2, 0.25) is 0 Å². The third kappa shape index (κ3) is 5.01. The number of aromatic nitrogens is 2. The Morgan fingerprint density at radius 1 is 0.310 bits per heavy atom. The molecule has 10 aromatic rings. The Kier molecular flexibility index (Phi) is 7.32. The van der Waals surface area contributed by atoms with Crippen molar-refractivity contribution < 1.29 is 0 Å². The second kappa shape index (κ2) is 13.0. The molecule has 4 heteroatoms. The monoisotopic (exact) mass is 740 g/mol. The maximum atomic E-state index is 5.52. The maximum absolute atomic E-state index is 5.52. The number of anilines is 6. The van der Waals surface area contributed by atoms with E-state index in [0.717, 1.165) is 78.1 Å². The van der Waals surface area contributed by atoms with E-state index in [-0.39, 0.29) is 11.8 Å². The van der Waals surface area contributed by atoms with E-state index in [0.29, 0.717) is 0 Å². The van der Waals surface area contributed by atoms with Gasteiger partial charge in [-0.3, -0.25) is 0 Å². The predicted octanol–water partition coefficient (Wildman–Crippen LogP) is 13.9. The van der Waals surface area contributed by atoms with E-state index in [1.165, 1.54) is 22.3 Å². The summed E-state index contributed by atoms with van der Waals surface area (Å²) in [7, 11) is 0. The highest BCUT2D eigenvalue weighted by molar-refractivity contribution is 6.14. The van der Waals surface area contributed by atoms with Crippen molar-refractivity contribution in [1.82, 2.24) is 9.97 Å². The molecule has 0 radical (unpaired) electrons. The second-order valence-corrected chi connectivity index (χ2v) is 15.3. The highest BCUT2D eigenvalue weighted by Gasteiger charge is 2.43. The van der Waals surface area contributed by atoms with Gasteiger partial charge in [-0.1, -0.05) is 121 Å². The molecular formula is C54H36N4. The minimum absolute atomic E-state index is 0.0676. The Labute approximate surface area is 336 Å². The fraction of sp³-hybridized carbons (Fsp3) is 0.0370. The Balaban J connectivity index is 1.14. The largest absolute Gasteiger partial charge is 0.310 e. The van der Waals surface area contributed by atoms with Gasteiger partial charge in [0.1, 0.15) is 0 Å². The van der Waals surface area contributed by atoms with Gasteiger partial charge in [0.15, 0.2) is 0 Å². The normalized spacial score (nSPS) is 14.9. The Morgan fingerprint density at radius 2 is 0.603 bits per heavy atom. The molecule has 9 aromatic carbocycles. The van der Waals surface area contributed by atoms with E-state index in [1.54, 1.807) is 0 Å². The van der Waals surface area contributed by atoms with Crippen molar-refractivity contribution in [2.45, 2.75) is 11.8 Å². The summed E-state index contributed by atoms with van der Waals surface area (Å²) >= 11 is 0. The van der Waals surface area contributed by atoms with Crippen LogP contribution in [0.1, 0.15) is 45.5 Å². The highest BCUT2D eigenvalue weighted by atomic mass is 15.2. The smallest absolute Gasteiger partial charge is 0.0897 e. The summed E-state index contributed by atoms with van der Waals surface area (Å²) in [5, 5.41) is 4.53. The zero-order valence-electron chi connectivity index (χ0n) is 31.6. The molecule has 0 aliphatic heterocycles. The third-order valence-electron chi connectivity index (χ3n) is 12.1. The van der Waals surface area contributed by atoms with Crippen LogP contribution in [0.5, 0.6) is 0 Å². The van der Waals surface area contributed by atoms with Crippen molar-refractivity contribution in [3.63, 3.8) is 0 Å². The molecule has 4 nitrogen and oxygen atoms in total. The number of benzene rings is 9. The molecule has 3 aliphatic rings. The molecule has 0 saturated carbocycles. The number of hydrogen-bond donors (Lipinski definition) is 0. The first-order chi connectivity index (χ1) is 28.8. The van der Waals surface area contributed by atoms with Crippen molar-refractivity contribution >= 4 is 66.7 Å². The predicted molar refractivity (Wildman–Crippen MR) is 239 cm³/mol. The molecule has 1 aromatic heterocycles. The van der Waals surface area contributed by atoms with Gasteiger partial charge in [-0.05, 0) is 118 Å². The lowest BCUT2D eigenvalue weighted by Crippen LogP contribution is -2.29. The van der Waals surface area contributed by atoms with E-state index >= 15 is 0 Å². The van der Waals surface area contributed by atoms with Gasteiger partial charge in [0.05, 0.1) is 45.6 Å². The van der Waals surface area contributed by atoms with E-state index < -0.39 is 0 Å². The van der Waals surface area contributed by atoms with Crippen LogP contribution in [0.15, 0.2) is 206 Å². The molecule has 13 rings (SSSR count). The topological polar surface area (TPSA) is 32.3 Å². The van der Waals surface area contributed by atoms with Crippen molar-refractivity contribution in [3.05, 3.63) is 240 Å². The summed E-state index contributed by atoms with van der Waals surface area (Å²) < 4.78 is 0. The van der Waals surface area contributed by atoms with E-state index in [4.69, 9.17) is 9.97 Å².